The van der Waals surface area contributed by atoms with Crippen molar-refractivity contribution in [3.05, 3.63) is 59.8 Å². The molecule has 1 fully saturated rings. The summed E-state index contributed by atoms with van der Waals surface area (Å²) in [6.45, 7) is 9.75. The standard InChI is InChI=1S/C27H33N3O4/c1-5-28-27(32)24-11-10-23(22-16-21(18(2)3)26(33-4)17-25(22)31)30(24)20-8-6-19(7-9-20)29-12-14-34-15-13-29/h6-11,16-18,31H,5,12-15H2,1-4H3,(H,28,32). The van der Waals surface area contributed by atoms with E-state index in [9.17, 15) is 9.90 Å². The molecular weight excluding hydrogens is 430 g/mol. The smallest absolute Gasteiger partial charge is 0.268 e. The average Bonchev–Trinajstić information content (AvgIpc) is 3.29. The van der Waals surface area contributed by atoms with Gasteiger partial charge in [-0.2, -0.15) is 0 Å². The Labute approximate surface area is 200 Å². The van der Waals surface area contributed by atoms with E-state index in [1.807, 2.05) is 35.8 Å². The van der Waals surface area contributed by atoms with Crippen LogP contribution in [0, 0.1) is 0 Å². The van der Waals surface area contributed by atoms with Crippen LogP contribution in [0.3, 0.4) is 0 Å². The SMILES string of the molecule is CCNC(=O)c1ccc(-c2cc(C(C)C)c(OC)cc2O)n1-c1ccc(N2CCOCC2)cc1. The van der Waals surface area contributed by atoms with Crippen LogP contribution in [0.5, 0.6) is 11.5 Å². The van der Waals surface area contributed by atoms with E-state index in [1.54, 1.807) is 19.2 Å². The summed E-state index contributed by atoms with van der Waals surface area (Å²) in [7, 11) is 1.60. The number of anilines is 1. The normalized spacial score (nSPS) is 13.9. The molecule has 1 aliphatic heterocycles. The Morgan fingerprint density at radius 3 is 2.38 bits per heavy atom. The number of ether oxygens (including phenoxy) is 2. The quantitative estimate of drug-likeness (QED) is 0.537. The van der Waals surface area contributed by atoms with Crippen LogP contribution in [0.25, 0.3) is 16.9 Å². The number of phenolic OH excluding ortho intramolecular Hbond substituents is 1. The molecule has 7 heteroatoms. The van der Waals surface area contributed by atoms with Crippen LogP contribution in [0.4, 0.5) is 5.69 Å². The number of aromatic nitrogens is 1. The van der Waals surface area contributed by atoms with Gasteiger partial charge in [-0.25, -0.2) is 0 Å². The molecule has 0 spiro atoms. The maximum absolute atomic E-state index is 12.9. The summed E-state index contributed by atoms with van der Waals surface area (Å²) in [5.74, 6) is 0.789. The molecule has 1 amide bonds. The van der Waals surface area contributed by atoms with Crippen molar-refractivity contribution >= 4 is 11.6 Å². The zero-order valence-electron chi connectivity index (χ0n) is 20.3. The number of carbonyl (C=O) groups is 1. The topological polar surface area (TPSA) is 76.0 Å². The minimum atomic E-state index is -0.164. The lowest BCUT2D eigenvalue weighted by Crippen LogP contribution is -2.36. The van der Waals surface area contributed by atoms with Gasteiger partial charge in [-0.1, -0.05) is 13.8 Å². The fraction of sp³-hybridized carbons (Fsp3) is 0.370. The van der Waals surface area contributed by atoms with Crippen LogP contribution in [-0.2, 0) is 4.74 Å². The summed E-state index contributed by atoms with van der Waals surface area (Å²) in [4.78, 5) is 15.2. The highest BCUT2D eigenvalue weighted by atomic mass is 16.5. The first-order chi connectivity index (χ1) is 16.4. The molecule has 4 rings (SSSR count). The van der Waals surface area contributed by atoms with Crippen molar-refractivity contribution in [3.63, 3.8) is 0 Å². The van der Waals surface area contributed by atoms with Crippen LogP contribution < -0.4 is 15.0 Å². The molecule has 0 saturated carbocycles. The Morgan fingerprint density at radius 2 is 1.76 bits per heavy atom. The fourth-order valence-electron chi connectivity index (χ4n) is 4.41. The zero-order valence-corrected chi connectivity index (χ0v) is 20.3. The fourth-order valence-corrected chi connectivity index (χ4v) is 4.41. The van der Waals surface area contributed by atoms with Crippen molar-refractivity contribution in [2.75, 3.05) is 44.9 Å². The minimum Gasteiger partial charge on any atom is -0.507 e. The minimum absolute atomic E-state index is 0.105. The van der Waals surface area contributed by atoms with Gasteiger partial charge in [0.2, 0.25) is 0 Å². The molecule has 2 N–H and O–H groups in total. The van der Waals surface area contributed by atoms with Crippen molar-refractivity contribution in [1.82, 2.24) is 9.88 Å². The molecule has 0 unspecified atom stereocenters. The molecular formula is C27H33N3O4. The number of rotatable bonds is 7. The van der Waals surface area contributed by atoms with E-state index >= 15 is 0 Å². The van der Waals surface area contributed by atoms with Gasteiger partial charge in [0.15, 0.2) is 0 Å². The number of aromatic hydroxyl groups is 1. The van der Waals surface area contributed by atoms with E-state index in [4.69, 9.17) is 9.47 Å². The number of hydrogen-bond donors (Lipinski definition) is 2. The number of benzene rings is 2. The van der Waals surface area contributed by atoms with Gasteiger partial charge in [0.25, 0.3) is 5.91 Å². The van der Waals surface area contributed by atoms with E-state index in [2.05, 4.69) is 36.2 Å². The Hall–Kier alpha value is -3.45. The summed E-state index contributed by atoms with van der Waals surface area (Å²) in [5, 5.41) is 13.8. The second-order valence-corrected chi connectivity index (χ2v) is 8.68. The van der Waals surface area contributed by atoms with Crippen LogP contribution >= 0.6 is 0 Å². The van der Waals surface area contributed by atoms with Crippen molar-refractivity contribution in [2.24, 2.45) is 0 Å². The average molecular weight is 464 g/mol. The molecule has 180 valence electrons. The number of carbonyl (C=O) groups excluding carboxylic acids is 1. The molecule has 0 aliphatic carbocycles. The number of methoxy groups -OCH3 is 1. The molecule has 2 heterocycles. The van der Waals surface area contributed by atoms with Crippen molar-refractivity contribution in [2.45, 2.75) is 26.7 Å². The molecule has 0 bridgehead atoms. The number of morpholine rings is 1. The van der Waals surface area contributed by atoms with Gasteiger partial charge in [0, 0.05) is 42.6 Å². The second kappa shape index (κ2) is 10.2. The summed E-state index contributed by atoms with van der Waals surface area (Å²) < 4.78 is 12.9. The highest BCUT2D eigenvalue weighted by Gasteiger charge is 2.22. The van der Waals surface area contributed by atoms with Crippen molar-refractivity contribution < 1.29 is 19.4 Å². The van der Waals surface area contributed by atoms with Gasteiger partial charge < -0.3 is 29.4 Å². The molecule has 1 saturated heterocycles. The Balaban J connectivity index is 1.83. The molecule has 1 aromatic heterocycles. The van der Waals surface area contributed by atoms with Crippen LogP contribution in [-0.4, -0.2) is 55.5 Å². The summed E-state index contributed by atoms with van der Waals surface area (Å²) in [5.41, 5.74) is 4.86. The largest absolute Gasteiger partial charge is 0.507 e. The first kappa shape index (κ1) is 23.7. The Bertz CT molecular complexity index is 1150. The third kappa shape index (κ3) is 4.61. The first-order valence-corrected chi connectivity index (χ1v) is 11.8. The highest BCUT2D eigenvalue weighted by molar-refractivity contribution is 5.95. The lowest BCUT2D eigenvalue weighted by atomic mass is 9.97. The number of amides is 1. The number of phenols is 1. The Kier molecular flexibility index (Phi) is 7.12. The second-order valence-electron chi connectivity index (χ2n) is 8.68. The van der Waals surface area contributed by atoms with Crippen molar-refractivity contribution in [1.29, 1.82) is 0 Å². The van der Waals surface area contributed by atoms with Crippen LogP contribution in [0.1, 0.15) is 42.7 Å². The number of nitrogens with zero attached hydrogens (tertiary/aromatic N) is 2. The van der Waals surface area contributed by atoms with E-state index in [1.165, 1.54) is 0 Å². The first-order valence-electron chi connectivity index (χ1n) is 11.8. The van der Waals surface area contributed by atoms with Crippen molar-refractivity contribution in [3.8, 4) is 28.4 Å². The molecule has 2 aromatic carbocycles. The maximum Gasteiger partial charge on any atom is 0.268 e. The molecule has 1 aliphatic rings. The van der Waals surface area contributed by atoms with Gasteiger partial charge in [-0.05, 0) is 60.9 Å². The third-order valence-corrected chi connectivity index (χ3v) is 6.18. The highest BCUT2D eigenvalue weighted by Crippen LogP contribution is 2.40. The molecule has 7 nitrogen and oxygen atoms in total. The predicted octanol–water partition coefficient (Wildman–Crippen LogP) is 4.57. The molecule has 34 heavy (non-hydrogen) atoms. The molecule has 3 aromatic rings. The van der Waals surface area contributed by atoms with Gasteiger partial charge in [-0.3, -0.25) is 4.79 Å². The lowest BCUT2D eigenvalue weighted by Gasteiger charge is -2.29. The van der Waals surface area contributed by atoms with Gasteiger partial charge in [0.05, 0.1) is 26.0 Å². The lowest BCUT2D eigenvalue weighted by molar-refractivity contribution is 0.0949. The summed E-state index contributed by atoms with van der Waals surface area (Å²) in [6, 6.07) is 15.4. The van der Waals surface area contributed by atoms with E-state index in [-0.39, 0.29) is 17.6 Å². The van der Waals surface area contributed by atoms with Gasteiger partial charge in [-0.15, -0.1) is 0 Å². The summed E-state index contributed by atoms with van der Waals surface area (Å²) in [6.07, 6.45) is 0. The van der Waals surface area contributed by atoms with E-state index in [0.717, 1.165) is 48.9 Å². The zero-order chi connectivity index (χ0) is 24.2. The Morgan fingerprint density at radius 1 is 1.09 bits per heavy atom. The maximum atomic E-state index is 12.9. The summed E-state index contributed by atoms with van der Waals surface area (Å²) >= 11 is 0. The van der Waals surface area contributed by atoms with Crippen LogP contribution in [0.2, 0.25) is 0 Å². The predicted molar refractivity (Wildman–Crippen MR) is 135 cm³/mol. The van der Waals surface area contributed by atoms with E-state index < -0.39 is 0 Å². The third-order valence-electron chi connectivity index (χ3n) is 6.18. The monoisotopic (exact) mass is 463 g/mol. The van der Waals surface area contributed by atoms with Gasteiger partial charge in [0.1, 0.15) is 17.2 Å². The number of hydrogen-bond acceptors (Lipinski definition) is 5. The van der Waals surface area contributed by atoms with Crippen LogP contribution in [0.15, 0.2) is 48.5 Å². The number of nitrogens with one attached hydrogen (secondary N) is 1. The molecule has 0 radical (unpaired) electrons. The van der Waals surface area contributed by atoms with E-state index in [0.29, 0.717) is 23.6 Å². The van der Waals surface area contributed by atoms with Gasteiger partial charge >= 0.3 is 0 Å². The molecule has 0 atom stereocenters.